The highest BCUT2D eigenvalue weighted by Crippen LogP contribution is 2.22. The number of nitrogens with one attached hydrogen (secondary N) is 1. The van der Waals surface area contributed by atoms with E-state index in [1.165, 1.54) is 0 Å². The maximum absolute atomic E-state index is 12.6. The summed E-state index contributed by atoms with van der Waals surface area (Å²) in [5.41, 5.74) is 1.52. The maximum atomic E-state index is 12.6. The molecule has 30 heavy (non-hydrogen) atoms. The first-order valence-corrected chi connectivity index (χ1v) is 10.6. The van der Waals surface area contributed by atoms with Gasteiger partial charge in [-0.05, 0) is 36.4 Å². The molecule has 4 aromatic rings. The zero-order valence-electron chi connectivity index (χ0n) is 16.4. The molecule has 1 amide bonds. The van der Waals surface area contributed by atoms with E-state index >= 15 is 0 Å². The van der Waals surface area contributed by atoms with Crippen LogP contribution < -0.4 is 14.8 Å². The third-order valence-electron chi connectivity index (χ3n) is 4.45. The highest BCUT2D eigenvalue weighted by Gasteiger charge is 2.12. The van der Waals surface area contributed by atoms with Crippen molar-refractivity contribution < 1.29 is 14.3 Å². The second-order valence-corrected chi connectivity index (χ2v) is 7.70. The lowest BCUT2D eigenvalue weighted by Gasteiger charge is -2.12. The van der Waals surface area contributed by atoms with Gasteiger partial charge in [0.15, 0.2) is 0 Å². The van der Waals surface area contributed by atoms with Crippen LogP contribution in [0.4, 0.5) is 0 Å². The molecule has 0 atom stereocenters. The van der Waals surface area contributed by atoms with Crippen molar-refractivity contribution in [2.75, 3.05) is 19.8 Å². The first kappa shape index (κ1) is 19.9. The number of para-hydroxylation sites is 3. The summed E-state index contributed by atoms with van der Waals surface area (Å²) >= 11 is 1.66. The number of benzene rings is 3. The minimum absolute atomic E-state index is 0.157. The highest BCUT2D eigenvalue weighted by atomic mass is 32.1. The Morgan fingerprint density at radius 2 is 1.60 bits per heavy atom. The Kier molecular flexibility index (Phi) is 6.57. The lowest BCUT2D eigenvalue weighted by molar-refractivity contribution is 0.0949. The van der Waals surface area contributed by atoms with Crippen LogP contribution >= 0.6 is 11.3 Å². The summed E-state index contributed by atoms with van der Waals surface area (Å²) in [6.07, 6.45) is 0.693. The average molecular weight is 419 g/mol. The van der Waals surface area contributed by atoms with Gasteiger partial charge in [0.2, 0.25) is 0 Å². The van der Waals surface area contributed by atoms with Crippen molar-refractivity contribution >= 4 is 27.5 Å². The molecule has 0 radical (unpaired) electrons. The lowest BCUT2D eigenvalue weighted by atomic mass is 10.2. The van der Waals surface area contributed by atoms with Crippen LogP contribution in [0.5, 0.6) is 11.5 Å². The highest BCUT2D eigenvalue weighted by molar-refractivity contribution is 7.18. The fourth-order valence-electron chi connectivity index (χ4n) is 3.01. The molecular formula is C24H22N2O3S. The molecule has 0 saturated carbocycles. The van der Waals surface area contributed by atoms with Gasteiger partial charge in [-0.2, -0.15) is 0 Å². The number of hydrogen-bond acceptors (Lipinski definition) is 5. The number of nitrogens with zero attached hydrogens (tertiary/aromatic N) is 1. The van der Waals surface area contributed by atoms with Crippen molar-refractivity contribution in [3.8, 4) is 11.5 Å². The summed E-state index contributed by atoms with van der Waals surface area (Å²) in [5.74, 6) is 1.18. The molecule has 0 aliphatic rings. The minimum atomic E-state index is -0.157. The normalized spacial score (nSPS) is 10.7. The van der Waals surface area contributed by atoms with Crippen molar-refractivity contribution in [3.63, 3.8) is 0 Å². The van der Waals surface area contributed by atoms with E-state index < -0.39 is 0 Å². The van der Waals surface area contributed by atoms with Gasteiger partial charge >= 0.3 is 0 Å². The summed E-state index contributed by atoms with van der Waals surface area (Å²) in [6.45, 7) is 1.27. The van der Waals surface area contributed by atoms with Gasteiger partial charge in [0.25, 0.3) is 5.91 Å². The average Bonchev–Trinajstić information content (AvgIpc) is 3.20. The Morgan fingerprint density at radius 1 is 0.867 bits per heavy atom. The number of thiazole rings is 1. The van der Waals surface area contributed by atoms with Crippen LogP contribution in [0.3, 0.4) is 0 Å². The minimum Gasteiger partial charge on any atom is -0.490 e. The molecule has 0 aliphatic heterocycles. The molecule has 6 heteroatoms. The molecule has 3 aromatic carbocycles. The predicted octanol–water partition coefficient (Wildman–Crippen LogP) is 4.73. The van der Waals surface area contributed by atoms with E-state index in [0.29, 0.717) is 37.5 Å². The van der Waals surface area contributed by atoms with Gasteiger partial charge in [-0.1, -0.05) is 42.5 Å². The van der Waals surface area contributed by atoms with Crippen LogP contribution in [-0.4, -0.2) is 30.6 Å². The lowest BCUT2D eigenvalue weighted by Crippen LogP contribution is -2.26. The van der Waals surface area contributed by atoms with Gasteiger partial charge in [-0.15, -0.1) is 11.3 Å². The van der Waals surface area contributed by atoms with Gasteiger partial charge in [-0.25, -0.2) is 4.98 Å². The van der Waals surface area contributed by atoms with Gasteiger partial charge in [-0.3, -0.25) is 4.79 Å². The molecule has 1 heterocycles. The fraction of sp³-hybridized carbons (Fsp3) is 0.167. The number of rotatable bonds is 9. The van der Waals surface area contributed by atoms with Crippen LogP contribution in [0.15, 0.2) is 78.9 Å². The number of carbonyl (C=O) groups excluding carboxylic acids is 1. The number of amides is 1. The van der Waals surface area contributed by atoms with E-state index in [2.05, 4.69) is 16.4 Å². The van der Waals surface area contributed by atoms with Crippen LogP contribution in [0.2, 0.25) is 0 Å². The van der Waals surface area contributed by atoms with E-state index in [-0.39, 0.29) is 5.91 Å². The van der Waals surface area contributed by atoms with Gasteiger partial charge in [0.1, 0.15) is 24.7 Å². The van der Waals surface area contributed by atoms with Gasteiger partial charge < -0.3 is 14.8 Å². The number of fused-ring (bicyclic) bond motifs is 1. The first-order chi connectivity index (χ1) is 14.8. The Morgan fingerprint density at radius 3 is 2.47 bits per heavy atom. The fourth-order valence-corrected chi connectivity index (χ4v) is 3.98. The Hall–Kier alpha value is -3.38. The molecule has 4 rings (SSSR count). The molecule has 5 nitrogen and oxygen atoms in total. The predicted molar refractivity (Wildman–Crippen MR) is 120 cm³/mol. The number of aromatic nitrogens is 1. The van der Waals surface area contributed by atoms with Crippen LogP contribution in [0.1, 0.15) is 15.4 Å². The maximum Gasteiger partial charge on any atom is 0.255 e. The van der Waals surface area contributed by atoms with Gasteiger partial charge in [0.05, 0.1) is 20.8 Å². The summed E-state index contributed by atoms with van der Waals surface area (Å²) in [7, 11) is 0. The third-order valence-corrected chi connectivity index (χ3v) is 5.54. The zero-order valence-corrected chi connectivity index (χ0v) is 17.2. The Bertz CT molecular complexity index is 1080. The van der Waals surface area contributed by atoms with E-state index in [9.17, 15) is 4.79 Å². The van der Waals surface area contributed by atoms with Crippen molar-refractivity contribution in [1.82, 2.24) is 10.3 Å². The summed E-state index contributed by atoms with van der Waals surface area (Å²) in [4.78, 5) is 17.2. The molecule has 0 aliphatic carbocycles. The standard InChI is InChI=1S/C24H22N2O3S/c27-24(25-15-14-23-26-20-11-5-7-13-22(20)30-23)19-10-4-6-12-21(19)29-17-16-28-18-8-2-1-3-9-18/h1-13H,14-17H2,(H,25,27). The molecule has 0 unspecified atom stereocenters. The second kappa shape index (κ2) is 9.89. The molecule has 1 aromatic heterocycles. The second-order valence-electron chi connectivity index (χ2n) is 6.59. The van der Waals surface area contributed by atoms with E-state index in [0.717, 1.165) is 21.0 Å². The third kappa shape index (κ3) is 5.15. The SMILES string of the molecule is O=C(NCCc1nc2ccccc2s1)c1ccccc1OCCOc1ccccc1. The monoisotopic (exact) mass is 418 g/mol. The molecule has 1 N–H and O–H groups in total. The Labute approximate surface area is 179 Å². The number of hydrogen-bond donors (Lipinski definition) is 1. The topological polar surface area (TPSA) is 60.5 Å². The largest absolute Gasteiger partial charge is 0.490 e. The zero-order chi connectivity index (χ0) is 20.6. The van der Waals surface area contributed by atoms with E-state index in [4.69, 9.17) is 9.47 Å². The van der Waals surface area contributed by atoms with Crippen LogP contribution in [0, 0.1) is 0 Å². The van der Waals surface area contributed by atoms with Crippen molar-refractivity contribution in [3.05, 3.63) is 89.4 Å². The van der Waals surface area contributed by atoms with E-state index in [1.54, 1.807) is 23.5 Å². The van der Waals surface area contributed by atoms with Crippen molar-refractivity contribution in [1.29, 1.82) is 0 Å². The van der Waals surface area contributed by atoms with E-state index in [1.807, 2.05) is 60.7 Å². The number of carbonyl (C=O) groups is 1. The summed E-state index contributed by atoms with van der Waals surface area (Å²) in [6, 6.07) is 24.9. The number of ether oxygens (including phenoxy) is 2. The van der Waals surface area contributed by atoms with Gasteiger partial charge in [0, 0.05) is 13.0 Å². The smallest absolute Gasteiger partial charge is 0.255 e. The summed E-state index contributed by atoms with van der Waals surface area (Å²) < 4.78 is 12.6. The molecule has 0 bridgehead atoms. The molecule has 152 valence electrons. The molecule has 0 saturated heterocycles. The molecule has 0 spiro atoms. The Balaban J connectivity index is 1.28. The quantitative estimate of drug-likeness (QED) is 0.399. The molecular weight excluding hydrogens is 396 g/mol. The van der Waals surface area contributed by atoms with Crippen LogP contribution in [0.25, 0.3) is 10.2 Å². The van der Waals surface area contributed by atoms with Crippen molar-refractivity contribution in [2.24, 2.45) is 0 Å². The van der Waals surface area contributed by atoms with Crippen LogP contribution in [-0.2, 0) is 6.42 Å². The van der Waals surface area contributed by atoms with Crippen molar-refractivity contribution in [2.45, 2.75) is 6.42 Å². The molecule has 0 fully saturated rings. The first-order valence-electron chi connectivity index (χ1n) is 9.82. The summed E-state index contributed by atoms with van der Waals surface area (Å²) in [5, 5.41) is 3.98.